The van der Waals surface area contributed by atoms with E-state index >= 15 is 0 Å². The summed E-state index contributed by atoms with van der Waals surface area (Å²) in [6.07, 6.45) is 3.36. The largest absolute Gasteiger partial charge is 0.450 e. The second kappa shape index (κ2) is 7.52. The van der Waals surface area contributed by atoms with Crippen LogP contribution in [0.1, 0.15) is 38.9 Å². The normalized spacial score (nSPS) is 15.5. The molecule has 4 aromatic rings. The van der Waals surface area contributed by atoms with Gasteiger partial charge in [-0.3, -0.25) is 14.6 Å². The molecule has 7 heteroatoms. The standard InChI is InChI=1S/C24H16Cl2N2O3/c1-13-8-19-17(10-18(13)26)22(29)20-21(15-5-2-6-16(25)9-15)28(24(30)23(20)31-19)12-14-4-3-7-27-11-14/h2-11,21H,12H2,1H3/t21-/m0/s1. The van der Waals surface area contributed by atoms with Crippen LogP contribution >= 0.6 is 23.2 Å². The molecule has 2 aromatic carbocycles. The van der Waals surface area contributed by atoms with Gasteiger partial charge in [0.15, 0.2) is 5.43 Å². The van der Waals surface area contributed by atoms with Gasteiger partial charge in [0.05, 0.1) is 17.0 Å². The highest BCUT2D eigenvalue weighted by Crippen LogP contribution is 2.40. The van der Waals surface area contributed by atoms with Crippen molar-refractivity contribution in [3.63, 3.8) is 0 Å². The van der Waals surface area contributed by atoms with Crippen LogP contribution in [0.3, 0.4) is 0 Å². The Morgan fingerprint density at radius 1 is 1.10 bits per heavy atom. The molecule has 3 heterocycles. The van der Waals surface area contributed by atoms with Gasteiger partial charge in [-0.1, -0.05) is 41.4 Å². The quantitative estimate of drug-likeness (QED) is 0.410. The number of benzene rings is 2. The van der Waals surface area contributed by atoms with E-state index in [1.54, 1.807) is 53.7 Å². The molecule has 1 amide bonds. The van der Waals surface area contributed by atoms with Gasteiger partial charge in [0.2, 0.25) is 5.76 Å². The summed E-state index contributed by atoms with van der Waals surface area (Å²) in [5.74, 6) is -0.302. The van der Waals surface area contributed by atoms with Gasteiger partial charge in [0.25, 0.3) is 5.91 Å². The van der Waals surface area contributed by atoms with Gasteiger partial charge < -0.3 is 9.32 Å². The van der Waals surface area contributed by atoms with Gasteiger partial charge in [0.1, 0.15) is 5.58 Å². The van der Waals surface area contributed by atoms with E-state index in [9.17, 15) is 9.59 Å². The monoisotopic (exact) mass is 450 g/mol. The molecule has 0 spiro atoms. The summed E-state index contributed by atoms with van der Waals surface area (Å²) in [7, 11) is 0. The highest BCUT2D eigenvalue weighted by atomic mass is 35.5. The van der Waals surface area contributed by atoms with Crippen molar-refractivity contribution in [2.24, 2.45) is 0 Å². The maximum atomic E-state index is 13.6. The Labute approximate surface area is 187 Å². The summed E-state index contributed by atoms with van der Waals surface area (Å²) < 4.78 is 5.98. The Morgan fingerprint density at radius 2 is 1.94 bits per heavy atom. The molecule has 5 nitrogen and oxygen atoms in total. The first-order chi connectivity index (χ1) is 14.9. The molecule has 0 fully saturated rings. The predicted molar refractivity (Wildman–Crippen MR) is 120 cm³/mol. The molecular weight excluding hydrogens is 435 g/mol. The molecule has 1 aliphatic heterocycles. The molecule has 0 aliphatic carbocycles. The number of amides is 1. The molecule has 1 aliphatic rings. The van der Waals surface area contributed by atoms with Gasteiger partial charge in [-0.2, -0.15) is 0 Å². The molecule has 0 N–H and O–H groups in total. The third-order valence-electron chi connectivity index (χ3n) is 5.49. The van der Waals surface area contributed by atoms with Gasteiger partial charge in [-0.05, 0) is 53.9 Å². The van der Waals surface area contributed by atoms with E-state index in [-0.39, 0.29) is 23.6 Å². The van der Waals surface area contributed by atoms with Gasteiger partial charge in [-0.15, -0.1) is 0 Å². The summed E-state index contributed by atoms with van der Waals surface area (Å²) in [6, 6.07) is 13.5. The van der Waals surface area contributed by atoms with Gasteiger partial charge >= 0.3 is 0 Å². The minimum absolute atomic E-state index is 0.0492. The van der Waals surface area contributed by atoms with Crippen LogP contribution in [-0.4, -0.2) is 15.8 Å². The number of aryl methyl sites for hydroxylation is 1. The molecular formula is C24H16Cl2N2O3. The molecule has 0 bridgehead atoms. The van der Waals surface area contributed by atoms with E-state index < -0.39 is 6.04 Å². The van der Waals surface area contributed by atoms with Crippen LogP contribution < -0.4 is 5.43 Å². The first kappa shape index (κ1) is 19.8. The highest BCUT2D eigenvalue weighted by Gasteiger charge is 2.42. The van der Waals surface area contributed by atoms with E-state index in [0.717, 1.165) is 16.7 Å². The minimum Gasteiger partial charge on any atom is -0.450 e. The van der Waals surface area contributed by atoms with Crippen LogP contribution in [0, 0.1) is 6.92 Å². The average Bonchev–Trinajstić information content (AvgIpc) is 3.03. The molecule has 0 radical (unpaired) electrons. The zero-order valence-corrected chi connectivity index (χ0v) is 17.9. The molecule has 31 heavy (non-hydrogen) atoms. The molecule has 0 saturated heterocycles. The number of nitrogens with zero attached hydrogens (tertiary/aromatic N) is 2. The zero-order valence-electron chi connectivity index (χ0n) is 16.4. The maximum absolute atomic E-state index is 13.6. The fourth-order valence-corrected chi connectivity index (χ4v) is 4.38. The number of carbonyl (C=O) groups is 1. The van der Waals surface area contributed by atoms with E-state index in [1.165, 1.54) is 0 Å². The lowest BCUT2D eigenvalue weighted by Crippen LogP contribution is -2.29. The third-order valence-corrected chi connectivity index (χ3v) is 6.13. The summed E-state index contributed by atoms with van der Waals surface area (Å²) in [6.45, 7) is 2.09. The second-order valence-electron chi connectivity index (χ2n) is 7.52. The summed E-state index contributed by atoms with van der Waals surface area (Å²) in [5, 5.41) is 1.33. The molecule has 0 unspecified atom stereocenters. The number of carbonyl (C=O) groups excluding carboxylic acids is 1. The van der Waals surface area contributed by atoms with Crippen molar-refractivity contribution in [3.05, 3.63) is 109 Å². The number of rotatable bonds is 3. The van der Waals surface area contributed by atoms with Crippen LogP contribution in [-0.2, 0) is 6.54 Å². The van der Waals surface area contributed by atoms with Crippen molar-refractivity contribution in [3.8, 4) is 0 Å². The highest BCUT2D eigenvalue weighted by molar-refractivity contribution is 6.32. The van der Waals surface area contributed by atoms with Crippen LogP contribution in [0.15, 0.2) is 70.1 Å². The Bertz CT molecular complexity index is 1400. The van der Waals surface area contributed by atoms with E-state index in [2.05, 4.69) is 4.98 Å². The second-order valence-corrected chi connectivity index (χ2v) is 8.37. The van der Waals surface area contributed by atoms with E-state index in [1.807, 2.05) is 19.1 Å². The topological polar surface area (TPSA) is 63.4 Å². The average molecular weight is 451 g/mol. The van der Waals surface area contributed by atoms with Crippen LogP contribution in [0.2, 0.25) is 10.0 Å². The van der Waals surface area contributed by atoms with Gasteiger partial charge in [-0.25, -0.2) is 0 Å². The number of hydrogen-bond donors (Lipinski definition) is 0. The minimum atomic E-state index is -0.637. The number of hydrogen-bond acceptors (Lipinski definition) is 4. The van der Waals surface area contributed by atoms with Crippen LogP contribution in [0.4, 0.5) is 0 Å². The number of aromatic nitrogens is 1. The predicted octanol–water partition coefficient (Wildman–Crippen LogP) is 5.55. The van der Waals surface area contributed by atoms with Crippen molar-refractivity contribution < 1.29 is 9.21 Å². The van der Waals surface area contributed by atoms with E-state index in [4.69, 9.17) is 27.6 Å². The summed E-state index contributed by atoms with van der Waals surface area (Å²) in [4.78, 5) is 32.7. The lowest BCUT2D eigenvalue weighted by Gasteiger charge is -2.25. The molecule has 1 atom stereocenters. The van der Waals surface area contributed by atoms with E-state index in [0.29, 0.717) is 26.6 Å². The van der Waals surface area contributed by atoms with Crippen molar-refractivity contribution >= 4 is 40.1 Å². The fourth-order valence-electron chi connectivity index (χ4n) is 4.02. The van der Waals surface area contributed by atoms with Crippen molar-refractivity contribution in [2.45, 2.75) is 19.5 Å². The third kappa shape index (κ3) is 3.30. The molecule has 2 aromatic heterocycles. The SMILES string of the molecule is Cc1cc2oc3c(c(=O)c2cc1Cl)[C@H](c1cccc(Cl)c1)N(Cc1cccnc1)C3=O. The first-order valence-electron chi connectivity index (χ1n) is 9.66. The van der Waals surface area contributed by atoms with Crippen molar-refractivity contribution in [1.29, 1.82) is 0 Å². The smallest absolute Gasteiger partial charge is 0.291 e. The number of halogens is 2. The summed E-state index contributed by atoms with van der Waals surface area (Å²) >= 11 is 12.5. The Hall–Kier alpha value is -3.15. The Morgan fingerprint density at radius 3 is 2.68 bits per heavy atom. The maximum Gasteiger partial charge on any atom is 0.291 e. The van der Waals surface area contributed by atoms with Crippen LogP contribution in [0.5, 0.6) is 0 Å². The summed E-state index contributed by atoms with van der Waals surface area (Å²) in [5.41, 5.74) is 2.70. The molecule has 154 valence electrons. The molecule has 0 saturated carbocycles. The number of pyridine rings is 1. The van der Waals surface area contributed by atoms with Crippen molar-refractivity contribution in [1.82, 2.24) is 9.88 Å². The van der Waals surface area contributed by atoms with Gasteiger partial charge in [0, 0.05) is 29.0 Å². The number of fused-ring (bicyclic) bond motifs is 2. The van der Waals surface area contributed by atoms with Crippen LogP contribution in [0.25, 0.3) is 11.0 Å². The first-order valence-corrected chi connectivity index (χ1v) is 10.4. The lowest BCUT2D eigenvalue weighted by atomic mass is 9.98. The Balaban J connectivity index is 1.76. The molecule has 5 rings (SSSR count). The fraction of sp³-hybridized carbons (Fsp3) is 0.125. The van der Waals surface area contributed by atoms with Crippen molar-refractivity contribution in [2.75, 3.05) is 0 Å². The lowest BCUT2D eigenvalue weighted by molar-refractivity contribution is 0.0714. The Kier molecular flexibility index (Phi) is 4.80. The zero-order chi connectivity index (χ0) is 21.7.